The molecular weight excluding hydrogens is 1460 g/mol. The number of hydrogen-bond donors (Lipinski definition) is 11. The molecule has 2 saturated heterocycles. The number of imidazole rings is 1. The summed E-state index contributed by atoms with van der Waals surface area (Å²) in [6, 6.07) is 10.5. The zero-order valence-electron chi connectivity index (χ0n) is 56.6. The Balaban J connectivity index is 0.714. The monoisotopic (exact) mass is 1550 g/mol. The van der Waals surface area contributed by atoms with Gasteiger partial charge in [0.15, 0.2) is 23.4 Å². The Morgan fingerprint density at radius 2 is 1.63 bits per heavy atom. The van der Waals surface area contributed by atoms with Gasteiger partial charge in [-0.15, -0.1) is 16.1 Å². The average molecular weight is 1550 g/mol. The van der Waals surface area contributed by atoms with E-state index in [2.05, 4.69) is 68.9 Å². The number of ether oxygens (including phenoxy) is 1. The van der Waals surface area contributed by atoms with Gasteiger partial charge in [-0.3, -0.25) is 51.6 Å². The van der Waals surface area contributed by atoms with Gasteiger partial charge < -0.3 is 55.8 Å². The van der Waals surface area contributed by atoms with Crippen LogP contribution in [0.4, 0.5) is 17.2 Å². The van der Waals surface area contributed by atoms with Gasteiger partial charge in [-0.05, 0) is 82.0 Å². The third-order valence-electron chi connectivity index (χ3n) is 17.4. The van der Waals surface area contributed by atoms with Crippen LogP contribution in [0, 0.1) is 5.41 Å². The number of imide groups is 1. The third-order valence-corrected chi connectivity index (χ3v) is 23.2. The number of phosphoric ester groups is 3. The molecule has 4 aliphatic rings. The first kappa shape index (κ1) is 81.6. The van der Waals surface area contributed by atoms with Gasteiger partial charge >= 0.3 is 23.5 Å². The van der Waals surface area contributed by atoms with Gasteiger partial charge in [0, 0.05) is 109 Å². The third kappa shape index (κ3) is 20.3. The van der Waals surface area contributed by atoms with E-state index in [4.69, 9.17) is 29.1 Å². The number of nitrogens with one attached hydrogen (secondary N) is 2. The number of carbonyl (C=O) groups excluding carboxylic acids is 5. The van der Waals surface area contributed by atoms with Crippen LogP contribution in [0.15, 0.2) is 94.9 Å². The number of ketones is 1. The first-order chi connectivity index (χ1) is 47.8. The normalized spacial score (nSPS) is 21.8. The number of anilines is 2. The lowest BCUT2D eigenvalue weighted by Gasteiger charge is -2.30. The van der Waals surface area contributed by atoms with Crippen molar-refractivity contribution >= 4 is 121 Å². The molecule has 2 fully saturated rings. The lowest BCUT2D eigenvalue weighted by Crippen LogP contribution is -2.46. The molecule has 4 amide bonds. The largest absolute Gasteiger partial charge is 0.481 e. The van der Waals surface area contributed by atoms with Crippen molar-refractivity contribution in [2.45, 2.75) is 156 Å². The minimum atomic E-state index is -5.64. The summed E-state index contributed by atoms with van der Waals surface area (Å²) < 4.78 is 104. The maximum absolute atomic E-state index is 13.3. The molecule has 0 aliphatic carbocycles. The van der Waals surface area contributed by atoms with Crippen molar-refractivity contribution in [1.29, 1.82) is 0 Å². The number of fused-ring (bicyclic) bond motifs is 3. The number of nitrogen functional groups attached to an aromatic ring is 1. The van der Waals surface area contributed by atoms with Crippen LogP contribution in [0.5, 0.6) is 0 Å². The summed E-state index contributed by atoms with van der Waals surface area (Å²) in [5, 5.41) is 38.7. The highest BCUT2D eigenvalue weighted by atomic mass is 32.2. The van der Waals surface area contributed by atoms with Crippen LogP contribution < -0.4 is 21.3 Å². The van der Waals surface area contributed by atoms with Crippen molar-refractivity contribution in [2.24, 2.45) is 5.41 Å². The van der Waals surface area contributed by atoms with Gasteiger partial charge in [0.25, 0.3) is 10.1 Å². The number of aliphatic hydroxyl groups excluding tert-OH is 2. The van der Waals surface area contributed by atoms with Gasteiger partial charge in [0.05, 0.1) is 47.1 Å². The number of rotatable bonds is 38. The Kier molecular flexibility index (Phi) is 27.2. The maximum atomic E-state index is 13.3. The minimum Gasteiger partial charge on any atom is -0.386 e. The number of benzene rings is 2. The van der Waals surface area contributed by atoms with Gasteiger partial charge in [-0.1, -0.05) is 51.0 Å². The van der Waals surface area contributed by atoms with Crippen LogP contribution in [0.3, 0.4) is 0 Å². The zero-order chi connectivity index (χ0) is 74.9. The van der Waals surface area contributed by atoms with Crippen molar-refractivity contribution in [1.82, 2.24) is 35.1 Å². The Morgan fingerprint density at radius 1 is 0.902 bits per heavy atom. The van der Waals surface area contributed by atoms with Gasteiger partial charge in [-0.2, -0.15) is 17.3 Å². The molecule has 8 rings (SSSR count). The number of allylic oxidation sites excluding steroid dienone is 6. The molecule has 2 aromatic carbocycles. The minimum absolute atomic E-state index is 0.00491. The molecule has 35 nitrogen and oxygen atoms in total. The van der Waals surface area contributed by atoms with Crippen LogP contribution in [0.2, 0.25) is 0 Å². The number of aromatic nitrogens is 4. The van der Waals surface area contributed by atoms with Crippen LogP contribution >= 0.6 is 47.3 Å². The van der Waals surface area contributed by atoms with E-state index in [0.29, 0.717) is 37.2 Å². The first-order valence-corrected chi connectivity index (χ1v) is 39.8. The number of likely N-dealkylation sites (tertiary alicyclic amines) is 1. The second kappa shape index (κ2) is 34.0. The summed E-state index contributed by atoms with van der Waals surface area (Å²) in [6.45, 7) is 11.7. The zero-order valence-corrected chi connectivity index (χ0v) is 61.7. The van der Waals surface area contributed by atoms with Crippen LogP contribution in [-0.2, 0) is 90.6 Å². The fraction of sp³-hybridized carbons (Fsp3) is 0.525. The van der Waals surface area contributed by atoms with Crippen molar-refractivity contribution < 1.29 is 122 Å². The number of thioether (sulfide) groups is 1. The molecule has 3 unspecified atom stereocenters. The lowest BCUT2D eigenvalue weighted by molar-refractivity contribution is -0.438. The van der Waals surface area contributed by atoms with E-state index in [0.717, 1.165) is 80.9 Å². The summed E-state index contributed by atoms with van der Waals surface area (Å²) in [6.07, 6.45) is 5.46. The number of Topliss-reactive ketones (excluding diaryl/α,β-unsaturated/α-hetero) is 1. The second-order valence-electron chi connectivity index (χ2n) is 25.9. The molecule has 102 heavy (non-hydrogen) atoms. The number of aliphatic hydroxyl groups is 2. The van der Waals surface area contributed by atoms with Crippen molar-refractivity contribution in [2.75, 3.05) is 62.3 Å². The molecule has 2 aromatic heterocycles. The highest BCUT2D eigenvalue weighted by Crippen LogP contribution is 2.61. The first-order valence-electron chi connectivity index (χ1n) is 32.1. The molecule has 4 aromatic rings. The van der Waals surface area contributed by atoms with Crippen molar-refractivity contribution in [3.8, 4) is 0 Å². The number of phosphoric acid groups is 3. The molecule has 6 heterocycles. The number of carbonyl (C=O) groups is 5. The van der Waals surface area contributed by atoms with Crippen LogP contribution in [0.1, 0.15) is 117 Å². The molecular formula is C61H84N10O25P3S3+. The number of amides is 4. The predicted molar refractivity (Wildman–Crippen MR) is 369 cm³/mol. The number of likely N-dealkylation sites (N-methyl/N-ethyl adjacent to an activating group) is 1. The molecule has 0 spiro atoms. The fourth-order valence-corrected chi connectivity index (χ4v) is 17.0. The SMILES string of the molecule is CCN1/C(=C/C=C/C=C/C2=[N+](CCCCCC(=O)CCCN3C(=O)C[C@@H](SCCNC(=O)CCNC(=O)[C@H](O)C(C)(C)COP(=O)(O)OP(=O)(O)OC[C@H]4O[C@@H](n5cnc6c(N)ncnc65)C(O)[C@H]4OP(=O)(O)O)C3=O)c3ccc(SOOO)cc3C2(C)C)C(C)(C)c2cc(S(=O)(=O)O)ccc21. The van der Waals surface area contributed by atoms with E-state index >= 15 is 0 Å². The van der Waals surface area contributed by atoms with Crippen molar-refractivity contribution in [3.05, 3.63) is 96.3 Å². The van der Waals surface area contributed by atoms with Crippen LogP contribution in [-0.4, -0.2) is 193 Å². The summed E-state index contributed by atoms with van der Waals surface area (Å²) >= 11 is 2.04. The molecule has 4 aliphatic heterocycles. The lowest BCUT2D eigenvalue weighted by atomic mass is 9.81. The van der Waals surface area contributed by atoms with E-state index in [-0.39, 0.29) is 78.2 Å². The summed E-state index contributed by atoms with van der Waals surface area (Å²) in [5.74, 6) is -2.13. The van der Waals surface area contributed by atoms with E-state index in [9.17, 15) is 80.4 Å². The maximum Gasteiger partial charge on any atom is 0.481 e. The molecule has 41 heteroatoms. The molecule has 8 atom stereocenters. The summed E-state index contributed by atoms with van der Waals surface area (Å²) in [7, 11) is -21.0. The number of nitrogens with zero attached hydrogens (tertiary/aromatic N) is 7. The predicted octanol–water partition coefficient (Wildman–Crippen LogP) is 5.74. The Morgan fingerprint density at radius 3 is 2.33 bits per heavy atom. The Bertz CT molecular complexity index is 4190. The molecule has 560 valence electrons. The number of nitrogens with two attached hydrogens (primary N) is 1. The molecule has 0 saturated carbocycles. The van der Waals surface area contributed by atoms with Gasteiger partial charge in [0.1, 0.15) is 48.6 Å². The highest BCUT2D eigenvalue weighted by Gasteiger charge is 2.51. The molecule has 0 bridgehead atoms. The van der Waals surface area contributed by atoms with E-state index < -0.39 is 117 Å². The van der Waals surface area contributed by atoms with Crippen molar-refractivity contribution in [3.63, 3.8) is 0 Å². The average Bonchev–Trinajstić information content (AvgIpc) is 1.60. The van der Waals surface area contributed by atoms with E-state index in [1.165, 1.54) is 37.7 Å². The standard InChI is InChI=1S/C61H83N10O25P3S3/c1-8-68-42-23-21-39(102(87,88)89)31-41(42)61(6,7)46(68)18-12-9-13-19-47-60(4,5)40-30-38(101-95-94-79)20-22-43(40)69(47)27-14-10-11-16-37(72)17-15-28-70-49(74)32-45(57(70)78)100-29-26-63-48(73)24-25-64-56(77)53(76)59(2,3)34-91-99(85,86)96-98(83,84)90-33-44-52(93-97(80,81)82)51(75)58(92-44)71-36-67-50-54(62)65-35-66-55(50)71/h9,12-13,18-23,30-31,35-36,44-45,51-53,58,75-76H,8,10-11,14-17,24-29,32-34H2,1-7H3,(H9-,62,63,64,65,66,73,77,79,80,81,82,83,84,85,86,87,88,89)/p+1/t44-,45-,51?,52+,53+,58-/m1/s1. The second-order valence-corrected chi connectivity index (χ2v) is 33.6. The smallest absolute Gasteiger partial charge is 0.386 e. The highest BCUT2D eigenvalue weighted by molar-refractivity contribution is 8.00. The Labute approximate surface area is 595 Å². The van der Waals surface area contributed by atoms with Gasteiger partial charge in [0.2, 0.25) is 29.3 Å². The number of unbranched alkanes of at least 4 members (excludes halogenated alkanes) is 2. The topological polar surface area (TPSA) is 500 Å². The van der Waals surface area contributed by atoms with E-state index in [1.807, 2.05) is 63.3 Å². The van der Waals surface area contributed by atoms with Gasteiger partial charge in [-0.25, -0.2) is 33.9 Å². The van der Waals surface area contributed by atoms with Crippen LogP contribution in [0.25, 0.3) is 11.2 Å². The molecule has 0 radical (unpaired) electrons. The fourth-order valence-electron chi connectivity index (χ4n) is 12.2. The quantitative estimate of drug-likeness (QED) is 0.00293. The van der Waals surface area contributed by atoms with E-state index in [1.54, 1.807) is 6.07 Å². The summed E-state index contributed by atoms with van der Waals surface area (Å²) in [5.41, 5.74) is 8.78. The number of hydrogen-bond acceptors (Lipinski definition) is 27. The Hall–Kier alpha value is -6.03. The summed E-state index contributed by atoms with van der Waals surface area (Å²) in [4.78, 5) is 120. The molecule has 12 N–H and O–H groups in total.